The highest BCUT2D eigenvalue weighted by molar-refractivity contribution is 8.17. The summed E-state index contributed by atoms with van der Waals surface area (Å²) >= 11 is 3.84. The minimum atomic E-state index is 0.527. The Morgan fingerprint density at radius 2 is 2.00 bits per heavy atom. The van der Waals surface area contributed by atoms with Crippen molar-refractivity contribution in [3.05, 3.63) is 12.2 Å². The maximum Gasteiger partial charge on any atom is 0.142 e. The minimum absolute atomic E-state index is 0.527. The first-order chi connectivity index (χ1) is 4.93. The summed E-state index contributed by atoms with van der Waals surface area (Å²) in [7, 11) is 0. The van der Waals surface area contributed by atoms with Crippen LogP contribution >= 0.6 is 23.5 Å². The molecule has 1 saturated heterocycles. The van der Waals surface area contributed by atoms with Gasteiger partial charge in [-0.15, -0.1) is 23.5 Å². The van der Waals surface area contributed by atoms with Crippen LogP contribution in [0, 0.1) is 0 Å². The van der Waals surface area contributed by atoms with Crippen LogP contribution in [0.1, 0.15) is 6.42 Å². The Labute approximate surface area is 69.6 Å². The van der Waals surface area contributed by atoms with Crippen molar-refractivity contribution in [2.24, 2.45) is 0 Å². The Morgan fingerprint density at radius 1 is 1.30 bits per heavy atom. The summed E-state index contributed by atoms with van der Waals surface area (Å²) in [5, 5.41) is 0. The monoisotopic (exact) mass is 174 g/mol. The number of thioether (sulfide) groups is 2. The zero-order valence-corrected chi connectivity index (χ0v) is 7.29. The first kappa shape index (κ1) is 8.21. The Balaban J connectivity index is 2.25. The van der Waals surface area contributed by atoms with Gasteiger partial charge in [-0.3, -0.25) is 4.79 Å². The maximum atomic E-state index is 9.94. The van der Waals surface area contributed by atoms with E-state index in [1.165, 1.54) is 17.9 Å². The van der Waals surface area contributed by atoms with Gasteiger partial charge in [0.05, 0.1) is 4.58 Å². The minimum Gasteiger partial charge on any atom is -0.299 e. The number of rotatable bonds is 2. The lowest BCUT2D eigenvalue weighted by Gasteiger charge is -2.16. The molecule has 1 fully saturated rings. The largest absolute Gasteiger partial charge is 0.299 e. The normalized spacial score (nSPS) is 21.6. The van der Waals surface area contributed by atoms with Crippen LogP contribution in [0.5, 0.6) is 0 Å². The number of hydrogen-bond acceptors (Lipinski definition) is 3. The van der Waals surface area contributed by atoms with Gasteiger partial charge in [-0.05, 0) is 24.0 Å². The number of carbonyl (C=O) groups is 1. The van der Waals surface area contributed by atoms with Crippen molar-refractivity contribution in [3.63, 3.8) is 0 Å². The first-order valence-electron chi connectivity index (χ1n) is 3.28. The molecule has 0 spiro atoms. The molecule has 3 heteroatoms. The van der Waals surface area contributed by atoms with E-state index in [1.54, 1.807) is 6.08 Å². The topological polar surface area (TPSA) is 17.1 Å². The lowest BCUT2D eigenvalue weighted by Crippen LogP contribution is -2.02. The van der Waals surface area contributed by atoms with Gasteiger partial charge in [0.1, 0.15) is 6.29 Å². The van der Waals surface area contributed by atoms with Crippen LogP contribution in [0.15, 0.2) is 12.2 Å². The second-order valence-electron chi connectivity index (χ2n) is 1.98. The molecule has 1 heterocycles. The highest BCUT2D eigenvalue weighted by atomic mass is 32.2. The fourth-order valence-electron chi connectivity index (χ4n) is 0.753. The lowest BCUT2D eigenvalue weighted by molar-refractivity contribution is -0.104. The third kappa shape index (κ3) is 2.80. The van der Waals surface area contributed by atoms with Gasteiger partial charge < -0.3 is 0 Å². The Morgan fingerprint density at radius 3 is 2.60 bits per heavy atom. The van der Waals surface area contributed by atoms with Gasteiger partial charge in [-0.25, -0.2) is 0 Å². The molecule has 0 aromatic rings. The molecule has 0 radical (unpaired) electrons. The van der Waals surface area contributed by atoms with Crippen LogP contribution in [0.3, 0.4) is 0 Å². The second-order valence-corrected chi connectivity index (χ2v) is 4.78. The molecule has 0 aliphatic carbocycles. The van der Waals surface area contributed by atoms with Crippen molar-refractivity contribution in [2.75, 3.05) is 11.5 Å². The Hall–Kier alpha value is 0.110. The van der Waals surface area contributed by atoms with Crippen molar-refractivity contribution in [2.45, 2.75) is 11.0 Å². The molecule has 10 heavy (non-hydrogen) atoms. The molecular weight excluding hydrogens is 164 g/mol. The van der Waals surface area contributed by atoms with Crippen LogP contribution in [0.4, 0.5) is 0 Å². The van der Waals surface area contributed by atoms with Crippen LogP contribution < -0.4 is 0 Å². The third-order valence-electron chi connectivity index (χ3n) is 1.20. The van der Waals surface area contributed by atoms with E-state index in [4.69, 9.17) is 0 Å². The lowest BCUT2D eigenvalue weighted by atomic mass is 10.5. The van der Waals surface area contributed by atoms with Crippen LogP contribution in [-0.4, -0.2) is 22.4 Å². The summed E-state index contributed by atoms with van der Waals surface area (Å²) in [6.07, 6.45) is 5.72. The fraction of sp³-hybridized carbons (Fsp3) is 0.571. The number of allylic oxidation sites excluding steroid dienone is 1. The van der Waals surface area contributed by atoms with Crippen molar-refractivity contribution >= 4 is 29.8 Å². The summed E-state index contributed by atoms with van der Waals surface area (Å²) in [5.41, 5.74) is 0. The molecule has 0 aromatic carbocycles. The zero-order valence-electron chi connectivity index (χ0n) is 5.66. The van der Waals surface area contributed by atoms with E-state index in [0.29, 0.717) is 4.58 Å². The molecule has 0 amide bonds. The first-order valence-corrected chi connectivity index (χ1v) is 5.38. The van der Waals surface area contributed by atoms with E-state index < -0.39 is 0 Å². The van der Waals surface area contributed by atoms with Crippen LogP contribution in [0.2, 0.25) is 0 Å². The molecule has 1 aliphatic rings. The highest BCUT2D eigenvalue weighted by Gasteiger charge is 2.09. The summed E-state index contributed by atoms with van der Waals surface area (Å²) < 4.78 is 0.527. The smallest absolute Gasteiger partial charge is 0.142 e. The molecule has 1 rings (SSSR count). The van der Waals surface area contributed by atoms with Gasteiger partial charge in [0.2, 0.25) is 0 Å². The van der Waals surface area contributed by atoms with E-state index in [-0.39, 0.29) is 0 Å². The molecule has 0 bridgehead atoms. The van der Waals surface area contributed by atoms with Crippen LogP contribution in [0.25, 0.3) is 0 Å². The van der Waals surface area contributed by atoms with Gasteiger partial charge in [-0.1, -0.05) is 6.08 Å². The fourth-order valence-corrected chi connectivity index (χ4v) is 3.39. The number of hydrogen-bond donors (Lipinski definition) is 0. The second kappa shape index (κ2) is 4.85. The quantitative estimate of drug-likeness (QED) is 0.470. The van der Waals surface area contributed by atoms with Crippen molar-refractivity contribution in [3.8, 4) is 0 Å². The molecule has 0 saturated carbocycles. The average Bonchev–Trinajstić information content (AvgIpc) is 2.03. The van der Waals surface area contributed by atoms with Crippen molar-refractivity contribution < 1.29 is 4.79 Å². The van der Waals surface area contributed by atoms with Crippen molar-refractivity contribution in [1.29, 1.82) is 0 Å². The SMILES string of the molecule is O=C/C=C/C1SCCCS1. The van der Waals surface area contributed by atoms with E-state index in [9.17, 15) is 4.79 Å². The molecule has 0 atom stereocenters. The summed E-state index contributed by atoms with van der Waals surface area (Å²) in [6, 6.07) is 0. The molecule has 0 unspecified atom stereocenters. The predicted molar refractivity (Wildman–Crippen MR) is 48.5 cm³/mol. The van der Waals surface area contributed by atoms with Gasteiger partial charge in [0, 0.05) is 0 Å². The standard InChI is InChI=1S/C7H10OS2/c8-4-1-3-7-9-5-2-6-10-7/h1,3-4,7H,2,5-6H2/b3-1+. The Bertz CT molecular complexity index is 128. The summed E-state index contributed by atoms with van der Waals surface area (Å²) in [6.45, 7) is 0. The average molecular weight is 174 g/mol. The van der Waals surface area contributed by atoms with Gasteiger partial charge in [0.25, 0.3) is 0 Å². The third-order valence-corrected chi connectivity index (χ3v) is 4.04. The van der Waals surface area contributed by atoms with Crippen molar-refractivity contribution in [1.82, 2.24) is 0 Å². The zero-order chi connectivity index (χ0) is 7.23. The molecule has 1 nitrogen and oxygen atoms in total. The highest BCUT2D eigenvalue weighted by Crippen LogP contribution is 2.30. The summed E-state index contributed by atoms with van der Waals surface area (Å²) in [5.74, 6) is 2.47. The van der Waals surface area contributed by atoms with Gasteiger partial charge >= 0.3 is 0 Å². The molecular formula is C7H10OS2. The van der Waals surface area contributed by atoms with E-state index in [2.05, 4.69) is 0 Å². The predicted octanol–water partition coefficient (Wildman–Crippen LogP) is 1.94. The molecule has 56 valence electrons. The van der Waals surface area contributed by atoms with Gasteiger partial charge in [0.15, 0.2) is 0 Å². The number of carbonyl (C=O) groups excluding carboxylic acids is 1. The summed E-state index contributed by atoms with van der Waals surface area (Å²) in [4.78, 5) is 9.94. The van der Waals surface area contributed by atoms with E-state index in [0.717, 1.165) is 6.29 Å². The maximum absolute atomic E-state index is 9.94. The Kier molecular flexibility index (Phi) is 3.98. The molecule has 1 aliphatic heterocycles. The van der Waals surface area contributed by atoms with Gasteiger partial charge in [-0.2, -0.15) is 0 Å². The number of aldehydes is 1. The molecule has 0 aromatic heterocycles. The van der Waals surface area contributed by atoms with Crippen LogP contribution in [-0.2, 0) is 4.79 Å². The van der Waals surface area contributed by atoms with E-state index in [1.807, 2.05) is 29.6 Å². The molecule has 0 N–H and O–H groups in total. The van der Waals surface area contributed by atoms with E-state index >= 15 is 0 Å².